The van der Waals surface area contributed by atoms with Gasteiger partial charge in [0.25, 0.3) is 0 Å². The van der Waals surface area contributed by atoms with Gasteiger partial charge in [-0.05, 0) is 54.1 Å². The van der Waals surface area contributed by atoms with Crippen LogP contribution < -0.4 is 0 Å². The van der Waals surface area contributed by atoms with Crippen molar-refractivity contribution in [3.8, 4) is 11.8 Å². The van der Waals surface area contributed by atoms with E-state index in [-0.39, 0.29) is 0 Å². The third-order valence-corrected chi connectivity index (χ3v) is 4.40. The molecule has 0 N–H and O–H groups in total. The summed E-state index contributed by atoms with van der Waals surface area (Å²) in [6, 6.07) is 0. The van der Waals surface area contributed by atoms with Gasteiger partial charge in [0.15, 0.2) is 0 Å². The van der Waals surface area contributed by atoms with Crippen LogP contribution in [0.4, 0.5) is 0 Å². The zero-order chi connectivity index (χ0) is 12.5. The van der Waals surface area contributed by atoms with Crippen molar-refractivity contribution in [1.29, 1.82) is 0 Å². The van der Waals surface area contributed by atoms with Crippen molar-refractivity contribution in [1.82, 2.24) is 0 Å². The van der Waals surface area contributed by atoms with Gasteiger partial charge >= 0.3 is 0 Å². The second-order valence-corrected chi connectivity index (χ2v) is 6.44. The van der Waals surface area contributed by atoms with Gasteiger partial charge < -0.3 is 4.52 Å². The molecule has 0 spiro atoms. The molecule has 0 aromatic rings. The molecule has 0 bridgehead atoms. The summed E-state index contributed by atoms with van der Waals surface area (Å²) in [6.45, 7) is 4.77. The predicted octanol–water partition coefficient (Wildman–Crippen LogP) is 5.11. The number of hydrogen-bond acceptors (Lipinski definition) is 1. The van der Waals surface area contributed by atoms with Crippen LogP contribution >= 0.6 is 28.5 Å². The largest absolute Gasteiger partial charge is 0.348 e. The molecule has 0 aliphatic heterocycles. The maximum absolute atomic E-state index is 5.78. The van der Waals surface area contributed by atoms with Crippen LogP contribution in [0.15, 0.2) is 12.2 Å². The molecule has 96 valence electrons. The zero-order valence-electron chi connectivity index (χ0n) is 10.7. The van der Waals surface area contributed by atoms with E-state index in [2.05, 4.69) is 53.0 Å². The lowest BCUT2D eigenvalue weighted by Crippen LogP contribution is -2.11. The highest BCUT2D eigenvalue weighted by Crippen LogP contribution is 2.36. The molecule has 17 heavy (non-hydrogen) atoms. The molecular formula is C14H22IOP. The predicted molar refractivity (Wildman–Crippen MR) is 85.5 cm³/mol. The molecule has 1 aliphatic carbocycles. The monoisotopic (exact) mass is 364 g/mol. The van der Waals surface area contributed by atoms with E-state index < -0.39 is 0 Å². The van der Waals surface area contributed by atoms with Gasteiger partial charge in [0, 0.05) is 12.3 Å². The summed E-state index contributed by atoms with van der Waals surface area (Å²) >= 11 is 2.32. The topological polar surface area (TPSA) is 9.23 Å². The van der Waals surface area contributed by atoms with E-state index in [9.17, 15) is 0 Å². The van der Waals surface area contributed by atoms with E-state index in [0.29, 0.717) is 24.4 Å². The van der Waals surface area contributed by atoms with Gasteiger partial charge in [-0.25, -0.2) is 0 Å². The fourth-order valence-corrected chi connectivity index (χ4v) is 3.61. The Morgan fingerprint density at radius 1 is 1.53 bits per heavy atom. The standard InChI is InChI=1S/C14H22IOP/c1-3-4-7-12(2)8-5-9-13-10-6-11-14(13)16-17-15/h5,9,12-14,17H,6-8,10-11H2,1-2H3/b9-5+/t12?,13?,14-/m1/s1. The minimum Gasteiger partial charge on any atom is -0.348 e. The fourth-order valence-electron chi connectivity index (χ4n) is 2.22. The molecule has 0 heterocycles. The van der Waals surface area contributed by atoms with Crippen molar-refractivity contribution < 1.29 is 4.52 Å². The Balaban J connectivity index is 2.28. The summed E-state index contributed by atoms with van der Waals surface area (Å²) in [7, 11) is 0. The van der Waals surface area contributed by atoms with Crippen LogP contribution in [0.1, 0.15) is 46.0 Å². The number of allylic oxidation sites excluding steroid dienone is 1. The maximum Gasteiger partial charge on any atom is 0.0797 e. The molecule has 1 saturated carbocycles. The molecule has 0 radical (unpaired) electrons. The highest BCUT2D eigenvalue weighted by Gasteiger charge is 2.25. The molecule has 1 rings (SSSR count). The van der Waals surface area contributed by atoms with Gasteiger partial charge in [0.1, 0.15) is 0 Å². The summed E-state index contributed by atoms with van der Waals surface area (Å²) in [5.41, 5.74) is 0. The van der Waals surface area contributed by atoms with E-state index in [4.69, 9.17) is 4.52 Å². The van der Waals surface area contributed by atoms with Crippen LogP contribution in [0, 0.1) is 23.7 Å². The molecular weight excluding hydrogens is 342 g/mol. The molecule has 0 aromatic carbocycles. The smallest absolute Gasteiger partial charge is 0.0797 e. The van der Waals surface area contributed by atoms with Gasteiger partial charge in [-0.3, -0.25) is 0 Å². The van der Waals surface area contributed by atoms with Gasteiger partial charge in [0.2, 0.25) is 0 Å². The van der Waals surface area contributed by atoms with Crippen molar-refractivity contribution in [2.75, 3.05) is 0 Å². The first-order valence-corrected chi connectivity index (χ1v) is 10.4. The summed E-state index contributed by atoms with van der Waals surface area (Å²) < 4.78 is 5.78. The van der Waals surface area contributed by atoms with Crippen LogP contribution in [0.3, 0.4) is 0 Å². The highest BCUT2D eigenvalue weighted by molar-refractivity contribution is 14.2. The van der Waals surface area contributed by atoms with Crippen molar-refractivity contribution in [3.63, 3.8) is 0 Å². The van der Waals surface area contributed by atoms with Crippen LogP contribution in [0.2, 0.25) is 0 Å². The third-order valence-electron chi connectivity index (χ3n) is 3.25. The minimum absolute atomic E-state index is 0.479. The fraction of sp³-hybridized carbons (Fsp3) is 0.714. The van der Waals surface area contributed by atoms with Gasteiger partial charge in [-0.15, -0.1) is 11.8 Å². The number of rotatable bonds is 6. The van der Waals surface area contributed by atoms with Crippen molar-refractivity contribution in [2.24, 2.45) is 11.8 Å². The second kappa shape index (κ2) is 9.36. The van der Waals surface area contributed by atoms with E-state index >= 15 is 0 Å². The Morgan fingerprint density at radius 2 is 2.35 bits per heavy atom. The molecule has 0 saturated heterocycles. The average molecular weight is 364 g/mol. The quantitative estimate of drug-likeness (QED) is 0.275. The first-order chi connectivity index (χ1) is 8.27. The van der Waals surface area contributed by atoms with E-state index in [0.717, 1.165) is 12.8 Å². The van der Waals surface area contributed by atoms with Crippen LogP contribution in [-0.2, 0) is 4.52 Å². The van der Waals surface area contributed by atoms with Gasteiger partial charge in [-0.1, -0.05) is 25.5 Å². The first-order valence-electron chi connectivity index (χ1n) is 6.35. The van der Waals surface area contributed by atoms with Gasteiger partial charge in [-0.2, -0.15) is 0 Å². The van der Waals surface area contributed by atoms with Gasteiger partial charge in [0.05, 0.1) is 12.6 Å². The molecule has 4 atom stereocenters. The SMILES string of the molecule is CC#CCC(C)C/C=C/C1CCC[C@H]1OPI. The van der Waals surface area contributed by atoms with E-state index in [1.54, 1.807) is 0 Å². The summed E-state index contributed by atoms with van der Waals surface area (Å²) in [5, 5.41) is 0. The lowest BCUT2D eigenvalue weighted by atomic mass is 10.0. The molecule has 1 nitrogen and oxygen atoms in total. The van der Waals surface area contributed by atoms with Crippen molar-refractivity contribution >= 4 is 28.5 Å². The normalized spacial score (nSPS) is 26.5. The molecule has 1 fully saturated rings. The molecule has 1 aliphatic rings. The summed E-state index contributed by atoms with van der Waals surface area (Å²) in [4.78, 5) is 0. The molecule has 3 unspecified atom stereocenters. The van der Waals surface area contributed by atoms with Crippen molar-refractivity contribution in [2.45, 2.75) is 52.1 Å². The van der Waals surface area contributed by atoms with Crippen LogP contribution in [-0.4, -0.2) is 6.10 Å². The van der Waals surface area contributed by atoms with E-state index in [1.807, 2.05) is 6.92 Å². The Bertz CT molecular complexity index is 292. The molecule has 0 aromatic heterocycles. The minimum atomic E-state index is 0.479. The molecule has 0 amide bonds. The lowest BCUT2D eigenvalue weighted by molar-refractivity contribution is 0.213. The first kappa shape index (κ1) is 15.5. The Labute approximate surface area is 121 Å². The Morgan fingerprint density at radius 3 is 3.06 bits per heavy atom. The molecule has 3 heteroatoms. The summed E-state index contributed by atoms with van der Waals surface area (Å²) in [5.74, 6) is 7.43. The average Bonchev–Trinajstić information content (AvgIpc) is 2.75. The van der Waals surface area contributed by atoms with E-state index in [1.165, 1.54) is 19.3 Å². The Hall–Kier alpha value is 0.420. The highest BCUT2D eigenvalue weighted by atomic mass is 127. The Kier molecular flexibility index (Phi) is 8.52. The summed E-state index contributed by atoms with van der Waals surface area (Å²) in [6.07, 6.45) is 11.2. The number of halogens is 1. The lowest BCUT2D eigenvalue weighted by Gasteiger charge is -2.15. The third kappa shape index (κ3) is 6.22. The second-order valence-electron chi connectivity index (χ2n) is 4.73. The number of hydrogen-bond donors (Lipinski definition) is 0. The zero-order valence-corrected chi connectivity index (χ0v) is 13.9. The van der Waals surface area contributed by atoms with Crippen LogP contribution in [0.5, 0.6) is 0 Å². The maximum atomic E-state index is 5.78. The van der Waals surface area contributed by atoms with Crippen LogP contribution in [0.25, 0.3) is 0 Å². The van der Waals surface area contributed by atoms with Crippen molar-refractivity contribution in [3.05, 3.63) is 12.2 Å².